The van der Waals surface area contributed by atoms with Crippen molar-refractivity contribution < 1.29 is 4.79 Å². The summed E-state index contributed by atoms with van der Waals surface area (Å²) in [7, 11) is 0. The molecule has 0 unspecified atom stereocenters. The molecule has 0 aliphatic heterocycles. The van der Waals surface area contributed by atoms with Gasteiger partial charge in [0.15, 0.2) is 0 Å². The predicted molar refractivity (Wildman–Crippen MR) is 92.5 cm³/mol. The van der Waals surface area contributed by atoms with Crippen molar-refractivity contribution in [1.82, 2.24) is 5.32 Å². The molecular weight excluding hydrogens is 272 g/mol. The Morgan fingerprint density at radius 2 is 1.77 bits per heavy atom. The summed E-state index contributed by atoms with van der Waals surface area (Å²) in [6.45, 7) is 6.81. The summed E-state index contributed by atoms with van der Waals surface area (Å²) >= 11 is 0. The largest absolute Gasteiger partial charge is 0.338 e. The van der Waals surface area contributed by atoms with E-state index in [-0.39, 0.29) is 6.03 Å². The molecule has 3 heteroatoms. The molecule has 0 aliphatic rings. The molecule has 116 valence electrons. The third-order valence-corrected chi connectivity index (χ3v) is 3.80. The molecule has 0 bridgehead atoms. The lowest BCUT2D eigenvalue weighted by Gasteiger charge is -2.13. The maximum Gasteiger partial charge on any atom is 0.319 e. The standard InChI is InChI=1S/C19H24N2O/c1-4-17-7-5-6-15(3)18(17)21-19(22)20-13-12-16-10-8-14(2)9-11-16/h5-11H,4,12-13H2,1-3H3,(H2,20,21,22). The van der Waals surface area contributed by atoms with Crippen LogP contribution < -0.4 is 10.6 Å². The van der Waals surface area contributed by atoms with Gasteiger partial charge in [0, 0.05) is 12.2 Å². The van der Waals surface area contributed by atoms with E-state index in [1.54, 1.807) is 0 Å². The average molecular weight is 296 g/mol. The fourth-order valence-corrected chi connectivity index (χ4v) is 2.43. The number of hydrogen-bond donors (Lipinski definition) is 2. The van der Waals surface area contributed by atoms with Gasteiger partial charge in [-0.05, 0) is 43.4 Å². The first-order valence-corrected chi connectivity index (χ1v) is 7.79. The zero-order valence-electron chi connectivity index (χ0n) is 13.6. The van der Waals surface area contributed by atoms with Crippen molar-refractivity contribution in [2.45, 2.75) is 33.6 Å². The minimum atomic E-state index is -0.142. The molecule has 0 radical (unpaired) electrons. The molecule has 2 aromatic carbocycles. The fraction of sp³-hybridized carbons (Fsp3) is 0.316. The number of anilines is 1. The number of urea groups is 1. The highest BCUT2D eigenvalue weighted by atomic mass is 16.2. The second-order valence-corrected chi connectivity index (χ2v) is 5.58. The molecular formula is C19H24N2O. The van der Waals surface area contributed by atoms with E-state index in [0.717, 1.165) is 29.7 Å². The van der Waals surface area contributed by atoms with Gasteiger partial charge in [-0.2, -0.15) is 0 Å². The lowest BCUT2D eigenvalue weighted by Crippen LogP contribution is -2.31. The summed E-state index contributed by atoms with van der Waals surface area (Å²) in [5, 5.41) is 5.90. The van der Waals surface area contributed by atoms with Gasteiger partial charge < -0.3 is 10.6 Å². The number of carbonyl (C=O) groups is 1. The van der Waals surface area contributed by atoms with Crippen LogP contribution in [0, 0.1) is 13.8 Å². The number of nitrogens with one attached hydrogen (secondary N) is 2. The third-order valence-electron chi connectivity index (χ3n) is 3.80. The minimum absolute atomic E-state index is 0.142. The number of aryl methyl sites for hydroxylation is 3. The van der Waals surface area contributed by atoms with E-state index >= 15 is 0 Å². The van der Waals surface area contributed by atoms with Crippen molar-refractivity contribution >= 4 is 11.7 Å². The van der Waals surface area contributed by atoms with Crippen LogP contribution >= 0.6 is 0 Å². The van der Waals surface area contributed by atoms with Gasteiger partial charge in [-0.1, -0.05) is 55.0 Å². The van der Waals surface area contributed by atoms with Crippen molar-refractivity contribution in [3.05, 3.63) is 64.7 Å². The quantitative estimate of drug-likeness (QED) is 0.851. The molecule has 2 rings (SSSR count). The minimum Gasteiger partial charge on any atom is -0.338 e. The van der Waals surface area contributed by atoms with Crippen LogP contribution in [0.1, 0.15) is 29.2 Å². The van der Waals surface area contributed by atoms with Crippen molar-refractivity contribution in [2.75, 3.05) is 11.9 Å². The Balaban J connectivity index is 1.87. The van der Waals surface area contributed by atoms with E-state index in [2.05, 4.69) is 54.8 Å². The lowest BCUT2D eigenvalue weighted by molar-refractivity contribution is 0.252. The summed E-state index contributed by atoms with van der Waals surface area (Å²) in [5.74, 6) is 0. The highest BCUT2D eigenvalue weighted by molar-refractivity contribution is 5.91. The van der Waals surface area contributed by atoms with Crippen LogP contribution in [0.5, 0.6) is 0 Å². The number of rotatable bonds is 5. The normalized spacial score (nSPS) is 10.3. The van der Waals surface area contributed by atoms with Crippen LogP contribution in [0.25, 0.3) is 0 Å². The van der Waals surface area contributed by atoms with Crippen LogP contribution in [0.3, 0.4) is 0 Å². The third kappa shape index (κ3) is 4.35. The van der Waals surface area contributed by atoms with Gasteiger partial charge in [-0.25, -0.2) is 4.79 Å². The second-order valence-electron chi connectivity index (χ2n) is 5.58. The number of amides is 2. The van der Waals surface area contributed by atoms with E-state index in [1.165, 1.54) is 11.1 Å². The molecule has 0 heterocycles. The Morgan fingerprint density at radius 1 is 1.05 bits per heavy atom. The number of hydrogen-bond acceptors (Lipinski definition) is 1. The van der Waals surface area contributed by atoms with Crippen LogP contribution in [0.15, 0.2) is 42.5 Å². The highest BCUT2D eigenvalue weighted by Crippen LogP contribution is 2.20. The van der Waals surface area contributed by atoms with Crippen molar-refractivity contribution in [3.63, 3.8) is 0 Å². The maximum atomic E-state index is 12.1. The summed E-state index contributed by atoms with van der Waals surface area (Å²) in [6.07, 6.45) is 1.74. The van der Waals surface area contributed by atoms with E-state index in [4.69, 9.17) is 0 Å². The predicted octanol–water partition coefficient (Wildman–Crippen LogP) is 4.23. The first-order chi connectivity index (χ1) is 10.6. The van der Waals surface area contributed by atoms with Crippen LogP contribution in [-0.4, -0.2) is 12.6 Å². The first kappa shape index (κ1) is 16.1. The Labute approximate surface area is 132 Å². The molecule has 0 saturated heterocycles. The Morgan fingerprint density at radius 3 is 2.45 bits per heavy atom. The summed E-state index contributed by atoms with van der Waals surface area (Å²) in [6, 6.07) is 14.3. The molecule has 0 aromatic heterocycles. The Kier molecular flexibility index (Phi) is 5.59. The van der Waals surface area contributed by atoms with E-state index in [0.29, 0.717) is 6.54 Å². The highest BCUT2D eigenvalue weighted by Gasteiger charge is 2.07. The molecule has 0 saturated carbocycles. The van der Waals surface area contributed by atoms with Crippen LogP contribution in [-0.2, 0) is 12.8 Å². The number of para-hydroxylation sites is 1. The molecule has 22 heavy (non-hydrogen) atoms. The van der Waals surface area contributed by atoms with E-state index in [9.17, 15) is 4.79 Å². The molecule has 0 atom stereocenters. The van der Waals surface area contributed by atoms with E-state index < -0.39 is 0 Å². The first-order valence-electron chi connectivity index (χ1n) is 7.79. The monoisotopic (exact) mass is 296 g/mol. The second kappa shape index (κ2) is 7.64. The zero-order chi connectivity index (χ0) is 15.9. The Bertz CT molecular complexity index is 632. The van der Waals surface area contributed by atoms with Gasteiger partial charge in [-0.3, -0.25) is 0 Å². The molecule has 2 amide bonds. The summed E-state index contributed by atoms with van der Waals surface area (Å²) < 4.78 is 0. The van der Waals surface area contributed by atoms with Gasteiger partial charge in [0.1, 0.15) is 0 Å². The maximum absolute atomic E-state index is 12.1. The van der Waals surface area contributed by atoms with Gasteiger partial charge >= 0.3 is 6.03 Å². The smallest absolute Gasteiger partial charge is 0.319 e. The van der Waals surface area contributed by atoms with Gasteiger partial charge in [0.2, 0.25) is 0 Å². The SMILES string of the molecule is CCc1cccc(C)c1NC(=O)NCCc1ccc(C)cc1. The van der Waals surface area contributed by atoms with Gasteiger partial charge in [0.25, 0.3) is 0 Å². The molecule has 0 aliphatic carbocycles. The average Bonchev–Trinajstić information content (AvgIpc) is 2.51. The van der Waals surface area contributed by atoms with Crippen molar-refractivity contribution in [3.8, 4) is 0 Å². The summed E-state index contributed by atoms with van der Waals surface area (Å²) in [5.41, 5.74) is 5.66. The molecule has 2 N–H and O–H groups in total. The number of carbonyl (C=O) groups excluding carboxylic acids is 1. The summed E-state index contributed by atoms with van der Waals surface area (Å²) in [4.78, 5) is 12.1. The zero-order valence-corrected chi connectivity index (χ0v) is 13.6. The number of benzene rings is 2. The molecule has 0 spiro atoms. The van der Waals surface area contributed by atoms with E-state index in [1.807, 2.05) is 19.1 Å². The topological polar surface area (TPSA) is 41.1 Å². The van der Waals surface area contributed by atoms with Crippen LogP contribution in [0.2, 0.25) is 0 Å². The molecule has 3 nitrogen and oxygen atoms in total. The van der Waals surface area contributed by atoms with Gasteiger partial charge in [-0.15, -0.1) is 0 Å². The fourth-order valence-electron chi connectivity index (χ4n) is 2.43. The van der Waals surface area contributed by atoms with Crippen molar-refractivity contribution in [1.29, 1.82) is 0 Å². The van der Waals surface area contributed by atoms with Crippen molar-refractivity contribution in [2.24, 2.45) is 0 Å². The molecule has 0 fully saturated rings. The van der Waals surface area contributed by atoms with Crippen LogP contribution in [0.4, 0.5) is 10.5 Å². The Hall–Kier alpha value is -2.29. The van der Waals surface area contributed by atoms with Gasteiger partial charge in [0.05, 0.1) is 0 Å². The lowest BCUT2D eigenvalue weighted by atomic mass is 10.1. The molecule has 2 aromatic rings.